The summed E-state index contributed by atoms with van der Waals surface area (Å²) in [5.74, 6) is 0.186. The van der Waals surface area contributed by atoms with Crippen LogP contribution in [0.5, 0.6) is 5.75 Å². The number of rotatable bonds is 1. The van der Waals surface area contributed by atoms with E-state index in [9.17, 15) is 5.11 Å². The number of halogens is 1. The zero-order valence-corrected chi connectivity index (χ0v) is 10.4. The smallest absolute Gasteiger partial charge is 0.180 e. The average Bonchev–Trinajstić information content (AvgIpc) is 2.75. The molecule has 84 valence electrons. The minimum atomic E-state index is 0.186. The van der Waals surface area contributed by atoms with Gasteiger partial charge in [0.1, 0.15) is 0 Å². The van der Waals surface area contributed by atoms with E-state index < -0.39 is 0 Å². The van der Waals surface area contributed by atoms with Gasteiger partial charge in [0.25, 0.3) is 0 Å². The van der Waals surface area contributed by atoms with Crippen molar-refractivity contribution in [3.63, 3.8) is 0 Å². The lowest BCUT2D eigenvalue weighted by atomic mass is 10.2. The minimum Gasteiger partial charge on any atom is -0.504 e. The Bertz CT molecular complexity index is 691. The molecule has 0 amide bonds. The molecule has 0 unspecified atom stereocenters. The van der Waals surface area contributed by atoms with Crippen LogP contribution in [-0.2, 0) is 0 Å². The van der Waals surface area contributed by atoms with E-state index in [1.54, 1.807) is 12.1 Å². The van der Waals surface area contributed by atoms with Gasteiger partial charge in [-0.1, -0.05) is 34.1 Å². The Labute approximate surface area is 106 Å². The summed E-state index contributed by atoms with van der Waals surface area (Å²) < 4.78 is 2.80. The Kier molecular flexibility index (Phi) is 2.37. The second-order valence-corrected chi connectivity index (χ2v) is 4.58. The molecule has 0 bridgehead atoms. The van der Waals surface area contributed by atoms with Crippen molar-refractivity contribution in [2.75, 3.05) is 0 Å². The first kappa shape index (κ1) is 10.4. The highest BCUT2D eigenvalue weighted by molar-refractivity contribution is 9.10. The quantitative estimate of drug-likeness (QED) is 0.744. The molecule has 2 aromatic heterocycles. The molecule has 0 saturated heterocycles. The average molecular weight is 289 g/mol. The maximum Gasteiger partial charge on any atom is 0.180 e. The number of benzene rings is 1. The van der Waals surface area contributed by atoms with Crippen molar-refractivity contribution < 1.29 is 5.11 Å². The number of fused-ring (bicyclic) bond motifs is 1. The van der Waals surface area contributed by atoms with Crippen LogP contribution in [0.15, 0.2) is 53.3 Å². The molecular weight excluding hydrogens is 280 g/mol. The number of aromatic hydroxyl groups is 1. The summed E-state index contributed by atoms with van der Waals surface area (Å²) in [4.78, 5) is 4.43. The molecule has 0 fully saturated rings. The highest BCUT2D eigenvalue weighted by Gasteiger charge is 2.09. The van der Waals surface area contributed by atoms with E-state index in [0.717, 1.165) is 15.7 Å². The van der Waals surface area contributed by atoms with Crippen molar-refractivity contribution in [1.82, 2.24) is 9.38 Å². The lowest BCUT2D eigenvalue weighted by Crippen LogP contribution is -1.80. The molecule has 0 atom stereocenters. The molecule has 2 heterocycles. The van der Waals surface area contributed by atoms with Gasteiger partial charge in [0.2, 0.25) is 0 Å². The Morgan fingerprint density at radius 2 is 1.94 bits per heavy atom. The van der Waals surface area contributed by atoms with Crippen LogP contribution in [0.2, 0.25) is 0 Å². The largest absolute Gasteiger partial charge is 0.504 e. The van der Waals surface area contributed by atoms with Crippen LogP contribution in [0.25, 0.3) is 16.9 Å². The van der Waals surface area contributed by atoms with Gasteiger partial charge in [-0.3, -0.25) is 0 Å². The van der Waals surface area contributed by atoms with Crippen LogP contribution in [0, 0.1) is 0 Å². The summed E-state index contributed by atoms with van der Waals surface area (Å²) in [6, 6.07) is 11.3. The summed E-state index contributed by atoms with van der Waals surface area (Å²) >= 11 is 3.50. The van der Waals surface area contributed by atoms with Gasteiger partial charge in [-0.15, -0.1) is 0 Å². The lowest BCUT2D eigenvalue weighted by Gasteiger charge is -1.98. The number of nitrogens with zero attached hydrogens (tertiary/aromatic N) is 2. The van der Waals surface area contributed by atoms with Gasteiger partial charge in [-0.05, 0) is 18.2 Å². The first-order chi connectivity index (χ1) is 8.25. The van der Waals surface area contributed by atoms with E-state index >= 15 is 0 Å². The number of pyridine rings is 1. The van der Waals surface area contributed by atoms with Crippen LogP contribution in [0.3, 0.4) is 0 Å². The molecule has 1 aromatic carbocycles. The van der Waals surface area contributed by atoms with Crippen molar-refractivity contribution in [2.45, 2.75) is 0 Å². The number of imidazole rings is 1. The molecule has 0 saturated carbocycles. The summed E-state index contributed by atoms with van der Waals surface area (Å²) in [5.41, 5.74) is 2.41. The van der Waals surface area contributed by atoms with Gasteiger partial charge in [-0.25, -0.2) is 4.98 Å². The molecular formula is C13H9BrN2O. The molecule has 17 heavy (non-hydrogen) atoms. The summed E-state index contributed by atoms with van der Waals surface area (Å²) in [7, 11) is 0. The van der Waals surface area contributed by atoms with E-state index in [0.29, 0.717) is 5.65 Å². The molecule has 4 heteroatoms. The Morgan fingerprint density at radius 1 is 1.12 bits per heavy atom. The van der Waals surface area contributed by atoms with E-state index in [2.05, 4.69) is 20.9 Å². The molecule has 3 nitrogen and oxygen atoms in total. The third-order valence-electron chi connectivity index (χ3n) is 2.61. The summed E-state index contributed by atoms with van der Waals surface area (Å²) in [6.45, 7) is 0. The highest BCUT2D eigenvalue weighted by Crippen LogP contribution is 2.28. The van der Waals surface area contributed by atoms with Crippen LogP contribution in [0.4, 0.5) is 0 Å². The Balaban J connectivity index is 2.26. The normalized spacial score (nSPS) is 10.9. The van der Waals surface area contributed by atoms with Crippen molar-refractivity contribution in [2.24, 2.45) is 0 Å². The first-order valence-corrected chi connectivity index (χ1v) is 5.96. The maximum absolute atomic E-state index is 9.71. The highest BCUT2D eigenvalue weighted by atomic mass is 79.9. The predicted octanol–water partition coefficient (Wildman–Crippen LogP) is 3.47. The van der Waals surface area contributed by atoms with Crippen LogP contribution >= 0.6 is 15.9 Å². The zero-order chi connectivity index (χ0) is 11.8. The van der Waals surface area contributed by atoms with E-state index in [-0.39, 0.29) is 5.75 Å². The fourth-order valence-electron chi connectivity index (χ4n) is 1.80. The van der Waals surface area contributed by atoms with E-state index in [1.165, 1.54) is 0 Å². The number of hydrogen-bond donors (Lipinski definition) is 1. The molecule has 0 aliphatic rings. The maximum atomic E-state index is 9.71. The van der Waals surface area contributed by atoms with Crippen LogP contribution in [-0.4, -0.2) is 14.5 Å². The number of hydrogen-bond acceptors (Lipinski definition) is 2. The van der Waals surface area contributed by atoms with Gasteiger partial charge in [0, 0.05) is 22.4 Å². The van der Waals surface area contributed by atoms with Gasteiger partial charge >= 0.3 is 0 Å². The Hall–Kier alpha value is -1.81. The predicted molar refractivity (Wildman–Crippen MR) is 70.0 cm³/mol. The monoisotopic (exact) mass is 288 g/mol. The van der Waals surface area contributed by atoms with Crippen molar-refractivity contribution in [1.29, 1.82) is 0 Å². The van der Waals surface area contributed by atoms with Crippen molar-refractivity contribution >= 4 is 21.6 Å². The summed E-state index contributed by atoms with van der Waals surface area (Å²) in [6.07, 6.45) is 3.76. The standard InChI is InChI=1S/C13H9BrN2O/c14-10-5-2-1-4-9(10)11-8-16-7-3-6-12(17)13(16)15-11/h1-8,17H. The van der Waals surface area contributed by atoms with Crippen LogP contribution in [0.1, 0.15) is 0 Å². The van der Waals surface area contributed by atoms with Gasteiger partial charge in [-0.2, -0.15) is 0 Å². The molecule has 3 rings (SSSR count). The first-order valence-electron chi connectivity index (χ1n) is 5.17. The molecule has 0 aliphatic heterocycles. The third kappa shape index (κ3) is 1.70. The fraction of sp³-hybridized carbons (Fsp3) is 0. The molecule has 0 spiro atoms. The third-order valence-corrected chi connectivity index (χ3v) is 3.30. The molecule has 0 radical (unpaired) electrons. The van der Waals surface area contributed by atoms with Gasteiger partial charge in [0.15, 0.2) is 11.4 Å². The zero-order valence-electron chi connectivity index (χ0n) is 8.84. The second-order valence-electron chi connectivity index (χ2n) is 3.73. The van der Waals surface area contributed by atoms with Crippen LogP contribution < -0.4 is 0 Å². The van der Waals surface area contributed by atoms with Gasteiger partial charge in [0.05, 0.1) is 5.69 Å². The van der Waals surface area contributed by atoms with Crippen molar-refractivity contribution in [3.05, 3.63) is 53.3 Å². The molecule has 1 N–H and O–H groups in total. The van der Waals surface area contributed by atoms with Gasteiger partial charge < -0.3 is 9.51 Å². The summed E-state index contributed by atoms with van der Waals surface area (Å²) in [5, 5.41) is 9.71. The molecule has 0 aliphatic carbocycles. The number of aromatic nitrogens is 2. The topological polar surface area (TPSA) is 37.5 Å². The second kappa shape index (κ2) is 3.89. The fourth-order valence-corrected chi connectivity index (χ4v) is 2.28. The van der Waals surface area contributed by atoms with Crippen molar-refractivity contribution in [3.8, 4) is 17.0 Å². The van der Waals surface area contributed by atoms with E-state index in [4.69, 9.17) is 0 Å². The Morgan fingerprint density at radius 3 is 2.71 bits per heavy atom. The minimum absolute atomic E-state index is 0.186. The SMILES string of the molecule is Oc1cccn2cc(-c3ccccc3Br)nc12. The molecule has 3 aromatic rings. The van der Waals surface area contributed by atoms with E-state index in [1.807, 2.05) is 41.1 Å². The lowest BCUT2D eigenvalue weighted by molar-refractivity contribution is 0.477.